The van der Waals surface area contributed by atoms with Gasteiger partial charge in [-0.1, -0.05) is 42.5 Å². The van der Waals surface area contributed by atoms with Crippen molar-refractivity contribution in [2.24, 2.45) is 0 Å². The van der Waals surface area contributed by atoms with E-state index in [-0.39, 0.29) is 12.5 Å². The summed E-state index contributed by atoms with van der Waals surface area (Å²) in [5.74, 6) is -0.236. The summed E-state index contributed by atoms with van der Waals surface area (Å²) in [6.07, 6.45) is 0. The van der Waals surface area contributed by atoms with E-state index in [1.807, 2.05) is 56.6 Å². The molecule has 2 aromatic rings. The van der Waals surface area contributed by atoms with Gasteiger partial charge in [0.25, 0.3) is 0 Å². The lowest BCUT2D eigenvalue weighted by Gasteiger charge is -2.11. The van der Waals surface area contributed by atoms with Gasteiger partial charge in [0.1, 0.15) is 0 Å². The highest BCUT2D eigenvalue weighted by molar-refractivity contribution is 5.92. The van der Waals surface area contributed by atoms with Gasteiger partial charge in [-0.3, -0.25) is 4.79 Å². The first-order chi connectivity index (χ1) is 12.0. The second kappa shape index (κ2) is 9.44. The summed E-state index contributed by atoms with van der Waals surface area (Å²) in [7, 11) is 4.05. The number of nitrogens with zero attached hydrogens (tertiary/aromatic N) is 1. The fourth-order valence-corrected chi connectivity index (χ4v) is 2.25. The molecule has 0 fully saturated rings. The molecule has 3 N–H and O–H groups in total. The number of carbonyl (C=O) groups excluding carboxylic acids is 2. The number of para-hydroxylation sites is 1. The van der Waals surface area contributed by atoms with Crippen LogP contribution in [0.2, 0.25) is 0 Å². The Labute approximate surface area is 148 Å². The number of carbonyl (C=O) groups is 2. The van der Waals surface area contributed by atoms with Gasteiger partial charge >= 0.3 is 6.03 Å². The Kier molecular flexibility index (Phi) is 6.98. The van der Waals surface area contributed by atoms with Crippen molar-refractivity contribution in [1.29, 1.82) is 0 Å². The molecule has 0 aliphatic heterocycles. The maximum Gasteiger partial charge on any atom is 0.319 e. The predicted octanol–water partition coefficient (Wildman–Crippen LogP) is 2.19. The monoisotopic (exact) mass is 340 g/mol. The summed E-state index contributed by atoms with van der Waals surface area (Å²) in [6, 6.07) is 16.7. The molecular weight excluding hydrogens is 316 g/mol. The van der Waals surface area contributed by atoms with Gasteiger partial charge in [0.15, 0.2) is 0 Å². The first-order valence-corrected chi connectivity index (χ1v) is 8.12. The van der Waals surface area contributed by atoms with Crippen molar-refractivity contribution in [2.45, 2.75) is 13.1 Å². The van der Waals surface area contributed by atoms with Crippen LogP contribution in [0, 0.1) is 0 Å². The molecule has 0 atom stereocenters. The van der Waals surface area contributed by atoms with Crippen molar-refractivity contribution < 1.29 is 9.59 Å². The van der Waals surface area contributed by atoms with Crippen LogP contribution in [0.3, 0.4) is 0 Å². The van der Waals surface area contributed by atoms with Gasteiger partial charge in [0, 0.05) is 18.8 Å². The second-order valence-corrected chi connectivity index (χ2v) is 6.00. The highest BCUT2D eigenvalue weighted by Crippen LogP contribution is 2.06. The van der Waals surface area contributed by atoms with E-state index in [1.165, 1.54) is 5.56 Å². The third-order valence-electron chi connectivity index (χ3n) is 3.45. The Morgan fingerprint density at radius 3 is 2.16 bits per heavy atom. The molecule has 0 radical (unpaired) electrons. The zero-order chi connectivity index (χ0) is 18.1. The van der Waals surface area contributed by atoms with E-state index in [9.17, 15) is 9.59 Å². The first kappa shape index (κ1) is 18.5. The quantitative estimate of drug-likeness (QED) is 0.723. The molecule has 6 heteroatoms. The average Bonchev–Trinajstić information content (AvgIpc) is 2.60. The third-order valence-corrected chi connectivity index (χ3v) is 3.45. The third kappa shape index (κ3) is 7.05. The zero-order valence-electron chi connectivity index (χ0n) is 14.6. The Balaban J connectivity index is 1.69. The lowest BCUT2D eigenvalue weighted by Crippen LogP contribution is -2.38. The number of nitrogens with one attached hydrogen (secondary N) is 3. The Hall–Kier alpha value is -2.86. The number of amides is 3. The van der Waals surface area contributed by atoms with Crippen molar-refractivity contribution in [2.75, 3.05) is 26.0 Å². The minimum atomic E-state index is -0.408. The number of hydrogen-bond donors (Lipinski definition) is 3. The average molecular weight is 340 g/mol. The van der Waals surface area contributed by atoms with E-state index in [0.29, 0.717) is 12.2 Å². The molecule has 132 valence electrons. The molecule has 0 unspecified atom stereocenters. The predicted molar refractivity (Wildman–Crippen MR) is 99.1 cm³/mol. The number of benzene rings is 2. The zero-order valence-corrected chi connectivity index (χ0v) is 14.6. The van der Waals surface area contributed by atoms with Crippen molar-refractivity contribution in [1.82, 2.24) is 15.5 Å². The van der Waals surface area contributed by atoms with Gasteiger partial charge in [-0.2, -0.15) is 0 Å². The van der Waals surface area contributed by atoms with E-state index in [1.54, 1.807) is 12.1 Å². The van der Waals surface area contributed by atoms with Gasteiger partial charge in [-0.25, -0.2) is 4.79 Å². The minimum Gasteiger partial charge on any atom is -0.350 e. The van der Waals surface area contributed by atoms with E-state index < -0.39 is 6.03 Å². The molecule has 0 aromatic heterocycles. The molecule has 0 aliphatic carbocycles. The maximum absolute atomic E-state index is 11.8. The fraction of sp³-hybridized carbons (Fsp3) is 0.263. The maximum atomic E-state index is 11.8. The van der Waals surface area contributed by atoms with Gasteiger partial charge in [0.05, 0.1) is 6.54 Å². The molecule has 25 heavy (non-hydrogen) atoms. The van der Waals surface area contributed by atoms with Gasteiger partial charge in [-0.05, 0) is 37.4 Å². The lowest BCUT2D eigenvalue weighted by atomic mass is 10.1. The summed E-state index contributed by atoms with van der Waals surface area (Å²) >= 11 is 0. The Morgan fingerprint density at radius 2 is 1.52 bits per heavy atom. The van der Waals surface area contributed by atoms with Crippen molar-refractivity contribution in [3.8, 4) is 0 Å². The van der Waals surface area contributed by atoms with Crippen molar-refractivity contribution in [3.63, 3.8) is 0 Å². The first-order valence-electron chi connectivity index (χ1n) is 8.12. The van der Waals surface area contributed by atoms with Crippen LogP contribution in [0.25, 0.3) is 0 Å². The minimum absolute atomic E-state index is 0.0720. The van der Waals surface area contributed by atoms with Crippen LogP contribution >= 0.6 is 0 Å². The second-order valence-electron chi connectivity index (χ2n) is 6.00. The fourth-order valence-electron chi connectivity index (χ4n) is 2.25. The number of anilines is 1. The number of rotatable bonds is 7. The summed E-state index contributed by atoms with van der Waals surface area (Å²) in [6.45, 7) is 1.24. The molecule has 0 bridgehead atoms. The molecule has 0 heterocycles. The molecule has 3 amide bonds. The van der Waals surface area contributed by atoms with Crippen LogP contribution in [-0.4, -0.2) is 37.5 Å². The van der Waals surface area contributed by atoms with Crippen LogP contribution < -0.4 is 16.0 Å². The number of hydrogen-bond acceptors (Lipinski definition) is 3. The molecule has 6 nitrogen and oxygen atoms in total. The van der Waals surface area contributed by atoms with Gasteiger partial charge < -0.3 is 20.9 Å². The molecule has 0 spiro atoms. The van der Waals surface area contributed by atoms with Crippen molar-refractivity contribution >= 4 is 17.6 Å². The molecule has 2 aromatic carbocycles. The lowest BCUT2D eigenvalue weighted by molar-refractivity contribution is -0.120. The summed E-state index contributed by atoms with van der Waals surface area (Å²) in [4.78, 5) is 25.6. The highest BCUT2D eigenvalue weighted by atomic mass is 16.2. The topological polar surface area (TPSA) is 73.5 Å². The molecular formula is C19H24N4O2. The van der Waals surface area contributed by atoms with Crippen LogP contribution in [0.1, 0.15) is 11.1 Å². The number of urea groups is 1. The summed E-state index contributed by atoms with van der Waals surface area (Å²) < 4.78 is 0. The SMILES string of the molecule is CN(C)Cc1ccc(CNC(=O)CNC(=O)Nc2ccccc2)cc1. The smallest absolute Gasteiger partial charge is 0.319 e. The molecule has 0 aliphatic rings. The van der Waals surface area contributed by atoms with E-state index in [2.05, 4.69) is 20.9 Å². The van der Waals surface area contributed by atoms with Crippen molar-refractivity contribution in [3.05, 3.63) is 65.7 Å². The Bertz CT molecular complexity index is 684. The van der Waals surface area contributed by atoms with E-state index >= 15 is 0 Å². The molecule has 0 saturated heterocycles. The highest BCUT2D eigenvalue weighted by Gasteiger charge is 2.05. The van der Waals surface area contributed by atoms with Crippen LogP contribution in [0.5, 0.6) is 0 Å². The van der Waals surface area contributed by atoms with Crippen LogP contribution in [0.15, 0.2) is 54.6 Å². The standard InChI is InChI=1S/C19H24N4O2/c1-23(2)14-16-10-8-15(9-11-16)12-20-18(24)13-21-19(25)22-17-6-4-3-5-7-17/h3-11H,12-14H2,1-2H3,(H,20,24)(H2,21,22,25). The molecule has 2 rings (SSSR count). The molecule has 0 saturated carbocycles. The van der Waals surface area contributed by atoms with E-state index in [0.717, 1.165) is 12.1 Å². The van der Waals surface area contributed by atoms with Crippen LogP contribution in [0.4, 0.5) is 10.5 Å². The normalized spacial score (nSPS) is 10.4. The van der Waals surface area contributed by atoms with Crippen LogP contribution in [-0.2, 0) is 17.9 Å². The van der Waals surface area contributed by atoms with Gasteiger partial charge in [-0.15, -0.1) is 0 Å². The van der Waals surface area contributed by atoms with Gasteiger partial charge in [0.2, 0.25) is 5.91 Å². The van der Waals surface area contributed by atoms with E-state index in [4.69, 9.17) is 0 Å². The summed E-state index contributed by atoms with van der Waals surface area (Å²) in [5, 5.41) is 7.98. The summed E-state index contributed by atoms with van der Waals surface area (Å²) in [5.41, 5.74) is 2.92. The largest absolute Gasteiger partial charge is 0.350 e. The Morgan fingerprint density at radius 1 is 0.880 bits per heavy atom.